The number of piperidine rings is 1. The van der Waals surface area contributed by atoms with Crippen LogP contribution in [-0.2, 0) is 20.7 Å². The van der Waals surface area contributed by atoms with E-state index in [1.807, 2.05) is 18.2 Å². The number of fused-ring (bicyclic) bond motifs is 8. The number of carbonyl (C=O) groups excluding carboxylic acids is 2. The Balaban J connectivity index is 0.850. The number of carbonyl (C=O) groups is 2. The summed E-state index contributed by atoms with van der Waals surface area (Å²) in [5.74, 6) is 5.22. The third-order valence-electron chi connectivity index (χ3n) is 14.4. The predicted molar refractivity (Wildman–Crippen MR) is 180 cm³/mol. The van der Waals surface area contributed by atoms with E-state index in [1.165, 1.54) is 25.7 Å². The molecule has 2 saturated heterocycles. The molecule has 11 atom stereocenters. The minimum absolute atomic E-state index is 0.101. The summed E-state index contributed by atoms with van der Waals surface area (Å²) >= 11 is 0. The van der Waals surface area contributed by atoms with E-state index in [0.29, 0.717) is 42.2 Å². The second kappa shape index (κ2) is 11.8. The Hall–Kier alpha value is -2.58. The molecule has 1 aromatic carbocycles. The zero-order chi connectivity index (χ0) is 32.6. The summed E-state index contributed by atoms with van der Waals surface area (Å²) in [6, 6.07) is 5.93. The van der Waals surface area contributed by atoms with Gasteiger partial charge in [0.2, 0.25) is 18.6 Å². The lowest BCUT2D eigenvalue weighted by Crippen LogP contribution is -2.57. The smallest absolute Gasteiger partial charge is 0.231 e. The Kier molecular flexibility index (Phi) is 7.94. The SMILES string of the molecule is C[C@@H]1CC[C@@]2(NC1)O[C@H]1C[C@H]3[C@@H]4CC=C5CC(NC(=O)CC(=O)NCCc6ccc7c(c6)OCO7)CC[C@]5(C)[C@H]4CC[C@]3(C)[C@H]1[C@@H]2C. The highest BCUT2D eigenvalue weighted by Gasteiger charge is 2.68. The molecule has 256 valence electrons. The van der Waals surface area contributed by atoms with Crippen LogP contribution in [0.3, 0.4) is 0 Å². The van der Waals surface area contributed by atoms with Crippen LogP contribution >= 0.6 is 0 Å². The molecule has 1 aromatic rings. The van der Waals surface area contributed by atoms with Gasteiger partial charge >= 0.3 is 0 Å². The number of benzene rings is 1. The fraction of sp³-hybridized carbons (Fsp3) is 0.744. The van der Waals surface area contributed by atoms with Crippen molar-refractivity contribution >= 4 is 11.8 Å². The van der Waals surface area contributed by atoms with Crippen LogP contribution in [-0.4, -0.2) is 49.6 Å². The van der Waals surface area contributed by atoms with E-state index < -0.39 is 0 Å². The Morgan fingerprint density at radius 2 is 1.85 bits per heavy atom. The number of rotatable bonds is 6. The van der Waals surface area contributed by atoms with E-state index in [0.717, 1.165) is 73.5 Å². The topological polar surface area (TPSA) is 97.9 Å². The quantitative estimate of drug-likeness (QED) is 0.264. The van der Waals surface area contributed by atoms with Gasteiger partial charge in [-0.3, -0.25) is 14.9 Å². The molecular weight excluding hydrogens is 590 g/mol. The van der Waals surface area contributed by atoms with Gasteiger partial charge in [0.25, 0.3) is 0 Å². The first-order valence-electron chi connectivity index (χ1n) is 18.6. The monoisotopic (exact) mass is 645 g/mol. The number of ether oxygens (including phenoxy) is 3. The average Bonchev–Trinajstić information content (AvgIpc) is 3.70. The Morgan fingerprint density at radius 1 is 1.00 bits per heavy atom. The molecule has 3 aliphatic heterocycles. The molecule has 0 aromatic heterocycles. The van der Waals surface area contributed by atoms with Gasteiger partial charge in [0, 0.05) is 25.0 Å². The van der Waals surface area contributed by atoms with E-state index in [-0.39, 0.29) is 42.2 Å². The van der Waals surface area contributed by atoms with Gasteiger partial charge in [-0.05, 0) is 122 Å². The first kappa shape index (κ1) is 31.7. The lowest BCUT2D eigenvalue weighted by Gasteiger charge is -2.58. The molecule has 1 unspecified atom stereocenters. The summed E-state index contributed by atoms with van der Waals surface area (Å²) in [4.78, 5) is 25.5. The standard InChI is InChI=1S/C39H55N3O5/c1-23-9-15-39(41-21-23)24(2)36-33(47-39)19-30-28-7-6-26-18-27(10-13-37(26,3)29(28)11-14-38(30,36)4)42-35(44)20-34(43)40-16-12-25-5-8-31-32(17-25)46-22-45-31/h5-6,8,17,23-24,27-30,33,36,41H,7,9-16,18-22H2,1-4H3,(H,40,43)(H,42,44)/t23-,24+,27?,28-,29+,30+,33+,36+,37+,38+,39-/m1/s1. The van der Waals surface area contributed by atoms with Gasteiger partial charge in [-0.2, -0.15) is 0 Å². The maximum absolute atomic E-state index is 12.9. The van der Waals surface area contributed by atoms with Crippen LogP contribution < -0.4 is 25.4 Å². The van der Waals surface area contributed by atoms with Crippen LogP contribution in [0.15, 0.2) is 29.8 Å². The van der Waals surface area contributed by atoms with Gasteiger partial charge < -0.3 is 24.8 Å². The molecule has 8 heteroatoms. The van der Waals surface area contributed by atoms with Crippen molar-refractivity contribution in [2.75, 3.05) is 19.9 Å². The second-order valence-electron chi connectivity index (χ2n) is 16.9. The molecule has 1 spiro atoms. The lowest BCUT2D eigenvalue weighted by molar-refractivity contribution is -0.129. The molecule has 47 heavy (non-hydrogen) atoms. The minimum atomic E-state index is -0.228. The van der Waals surface area contributed by atoms with Gasteiger partial charge in [-0.1, -0.05) is 45.4 Å². The van der Waals surface area contributed by atoms with Crippen LogP contribution in [0.2, 0.25) is 0 Å². The van der Waals surface area contributed by atoms with Crippen molar-refractivity contribution in [1.82, 2.24) is 16.0 Å². The molecule has 3 N–H and O–H groups in total. The highest BCUT2D eigenvalue weighted by molar-refractivity contribution is 5.97. The normalized spacial score (nSPS) is 42.9. The van der Waals surface area contributed by atoms with Crippen molar-refractivity contribution in [2.45, 2.75) is 116 Å². The van der Waals surface area contributed by atoms with Crippen molar-refractivity contribution in [1.29, 1.82) is 0 Å². The molecule has 0 bridgehead atoms. The molecular formula is C39H55N3O5. The Morgan fingerprint density at radius 3 is 2.68 bits per heavy atom. The van der Waals surface area contributed by atoms with Crippen LogP contribution in [0.1, 0.15) is 97.5 Å². The second-order valence-corrected chi connectivity index (χ2v) is 16.9. The molecule has 2 amide bonds. The van der Waals surface area contributed by atoms with Crippen LogP contribution in [0, 0.1) is 46.3 Å². The average molecular weight is 646 g/mol. The summed E-state index contributed by atoms with van der Waals surface area (Å²) in [6.07, 6.45) is 13.9. The number of hydrogen-bond acceptors (Lipinski definition) is 6. The van der Waals surface area contributed by atoms with Crippen molar-refractivity contribution in [2.24, 2.45) is 46.3 Å². The summed E-state index contributed by atoms with van der Waals surface area (Å²) in [5.41, 5.74) is 3.08. The van der Waals surface area contributed by atoms with E-state index >= 15 is 0 Å². The third kappa shape index (κ3) is 5.31. The van der Waals surface area contributed by atoms with E-state index in [1.54, 1.807) is 5.57 Å². The number of hydrogen-bond donors (Lipinski definition) is 3. The molecule has 3 heterocycles. The van der Waals surface area contributed by atoms with Crippen molar-refractivity contribution < 1.29 is 23.8 Å². The highest BCUT2D eigenvalue weighted by Crippen LogP contribution is 2.70. The molecule has 8 rings (SSSR count). The predicted octanol–water partition coefficient (Wildman–Crippen LogP) is 5.89. The van der Waals surface area contributed by atoms with Crippen LogP contribution in [0.4, 0.5) is 0 Å². The molecule has 7 aliphatic rings. The van der Waals surface area contributed by atoms with E-state index in [2.05, 4.69) is 49.7 Å². The number of nitrogens with one attached hydrogen (secondary N) is 3. The van der Waals surface area contributed by atoms with E-state index in [9.17, 15) is 9.59 Å². The first-order valence-corrected chi connectivity index (χ1v) is 18.6. The van der Waals surface area contributed by atoms with Crippen molar-refractivity contribution in [3.05, 3.63) is 35.4 Å². The fourth-order valence-corrected chi connectivity index (χ4v) is 11.9. The molecule has 0 radical (unpaired) electrons. The number of amides is 2. The zero-order valence-electron chi connectivity index (χ0n) is 28.9. The Labute approximate surface area is 280 Å². The summed E-state index contributed by atoms with van der Waals surface area (Å²) in [7, 11) is 0. The molecule has 3 saturated carbocycles. The van der Waals surface area contributed by atoms with Crippen LogP contribution in [0.25, 0.3) is 0 Å². The zero-order valence-corrected chi connectivity index (χ0v) is 28.9. The maximum Gasteiger partial charge on any atom is 0.231 e. The van der Waals surface area contributed by atoms with Gasteiger partial charge in [-0.25, -0.2) is 0 Å². The highest BCUT2D eigenvalue weighted by atomic mass is 16.7. The van der Waals surface area contributed by atoms with E-state index in [4.69, 9.17) is 14.2 Å². The molecule has 4 aliphatic carbocycles. The van der Waals surface area contributed by atoms with Crippen molar-refractivity contribution in [3.8, 4) is 11.5 Å². The van der Waals surface area contributed by atoms with Gasteiger partial charge in [-0.15, -0.1) is 0 Å². The fourth-order valence-electron chi connectivity index (χ4n) is 11.9. The summed E-state index contributed by atoms with van der Waals surface area (Å²) < 4.78 is 17.9. The minimum Gasteiger partial charge on any atom is -0.454 e. The van der Waals surface area contributed by atoms with Crippen LogP contribution in [0.5, 0.6) is 11.5 Å². The summed E-state index contributed by atoms with van der Waals surface area (Å²) in [6.45, 7) is 11.8. The molecule has 8 nitrogen and oxygen atoms in total. The lowest BCUT2D eigenvalue weighted by atomic mass is 9.46. The number of allylic oxidation sites excluding steroid dienone is 1. The summed E-state index contributed by atoms with van der Waals surface area (Å²) in [5, 5.41) is 10.0. The van der Waals surface area contributed by atoms with Crippen molar-refractivity contribution in [3.63, 3.8) is 0 Å². The largest absolute Gasteiger partial charge is 0.454 e. The van der Waals surface area contributed by atoms with Gasteiger partial charge in [0.1, 0.15) is 12.1 Å². The first-order chi connectivity index (χ1) is 22.6. The molecule has 5 fully saturated rings. The maximum atomic E-state index is 12.9. The third-order valence-corrected chi connectivity index (χ3v) is 14.4. The van der Waals surface area contributed by atoms with Gasteiger partial charge in [0.15, 0.2) is 11.5 Å². The van der Waals surface area contributed by atoms with Gasteiger partial charge in [0.05, 0.1) is 6.10 Å². The Bertz CT molecular complexity index is 1440.